The van der Waals surface area contributed by atoms with Gasteiger partial charge in [-0.2, -0.15) is 0 Å². The van der Waals surface area contributed by atoms with Gasteiger partial charge in [0.25, 0.3) is 5.69 Å². The molecule has 0 spiro atoms. The first-order valence-corrected chi connectivity index (χ1v) is 5.79. The van der Waals surface area contributed by atoms with Crippen molar-refractivity contribution in [1.29, 1.82) is 0 Å². The van der Waals surface area contributed by atoms with Gasteiger partial charge in [-0.1, -0.05) is 0 Å². The highest BCUT2D eigenvalue weighted by molar-refractivity contribution is 5.63. The standard InChI is InChI=1S/C12H18N2O4/c1-9(15)4-3-7-13-11-6-5-10(18-2)8-12(11)14(16)17/h5-6,8-9,13,15H,3-4,7H2,1-2H3. The van der Waals surface area contributed by atoms with Crippen LogP contribution in [0.5, 0.6) is 5.75 Å². The Hall–Kier alpha value is -1.82. The highest BCUT2D eigenvalue weighted by Gasteiger charge is 2.14. The van der Waals surface area contributed by atoms with Gasteiger partial charge in [-0.15, -0.1) is 0 Å². The van der Waals surface area contributed by atoms with Gasteiger partial charge in [0.15, 0.2) is 0 Å². The van der Waals surface area contributed by atoms with Crippen molar-refractivity contribution in [2.45, 2.75) is 25.9 Å². The number of methoxy groups -OCH3 is 1. The largest absolute Gasteiger partial charge is 0.496 e. The van der Waals surface area contributed by atoms with Gasteiger partial charge < -0.3 is 15.2 Å². The molecule has 0 amide bonds. The molecule has 0 aliphatic carbocycles. The summed E-state index contributed by atoms with van der Waals surface area (Å²) in [6.45, 7) is 2.30. The van der Waals surface area contributed by atoms with Crippen LogP contribution in [-0.4, -0.2) is 29.8 Å². The maximum atomic E-state index is 10.9. The average Bonchev–Trinajstić information content (AvgIpc) is 2.34. The smallest absolute Gasteiger partial charge is 0.296 e. The Morgan fingerprint density at radius 1 is 1.56 bits per heavy atom. The fraction of sp³-hybridized carbons (Fsp3) is 0.500. The van der Waals surface area contributed by atoms with Gasteiger partial charge in [-0.3, -0.25) is 10.1 Å². The summed E-state index contributed by atoms with van der Waals surface area (Å²) in [5.74, 6) is 0.455. The third kappa shape index (κ3) is 4.21. The van der Waals surface area contributed by atoms with Crippen LogP contribution in [-0.2, 0) is 0 Å². The molecule has 0 radical (unpaired) electrons. The molecular weight excluding hydrogens is 236 g/mol. The van der Waals surface area contributed by atoms with Crippen LogP contribution in [0, 0.1) is 10.1 Å². The van der Waals surface area contributed by atoms with E-state index in [0.29, 0.717) is 24.4 Å². The number of aliphatic hydroxyl groups is 1. The van der Waals surface area contributed by atoms with Gasteiger partial charge >= 0.3 is 0 Å². The Kier molecular flexibility index (Phi) is 5.38. The molecule has 100 valence electrons. The van der Waals surface area contributed by atoms with Crippen molar-refractivity contribution in [1.82, 2.24) is 0 Å². The van der Waals surface area contributed by atoms with Gasteiger partial charge in [-0.25, -0.2) is 0 Å². The van der Waals surface area contributed by atoms with Crippen LogP contribution in [0.4, 0.5) is 11.4 Å². The molecule has 0 heterocycles. The molecule has 18 heavy (non-hydrogen) atoms. The summed E-state index contributed by atoms with van der Waals surface area (Å²) in [5, 5.41) is 23.0. The van der Waals surface area contributed by atoms with Crippen LogP contribution in [0.1, 0.15) is 19.8 Å². The van der Waals surface area contributed by atoms with Crippen molar-refractivity contribution in [3.8, 4) is 5.75 Å². The average molecular weight is 254 g/mol. The van der Waals surface area contributed by atoms with Gasteiger partial charge in [0, 0.05) is 6.54 Å². The lowest BCUT2D eigenvalue weighted by Crippen LogP contribution is -2.07. The first-order valence-electron chi connectivity index (χ1n) is 5.79. The molecule has 1 unspecified atom stereocenters. The van der Waals surface area contributed by atoms with E-state index in [9.17, 15) is 10.1 Å². The molecule has 1 rings (SSSR count). The van der Waals surface area contributed by atoms with E-state index in [1.807, 2.05) is 0 Å². The molecule has 0 fully saturated rings. The molecule has 0 aromatic heterocycles. The van der Waals surface area contributed by atoms with E-state index in [1.54, 1.807) is 19.1 Å². The predicted molar refractivity (Wildman–Crippen MR) is 69.1 cm³/mol. The van der Waals surface area contributed by atoms with Crippen LogP contribution in [0.25, 0.3) is 0 Å². The second-order valence-corrected chi connectivity index (χ2v) is 4.06. The number of hydrogen-bond acceptors (Lipinski definition) is 5. The maximum absolute atomic E-state index is 10.9. The van der Waals surface area contributed by atoms with Crippen molar-refractivity contribution in [3.05, 3.63) is 28.3 Å². The number of nitrogens with zero attached hydrogens (tertiary/aromatic N) is 1. The zero-order chi connectivity index (χ0) is 13.5. The van der Waals surface area contributed by atoms with Crippen LogP contribution < -0.4 is 10.1 Å². The van der Waals surface area contributed by atoms with E-state index >= 15 is 0 Å². The van der Waals surface area contributed by atoms with Gasteiger partial charge in [-0.05, 0) is 31.9 Å². The number of hydrogen-bond donors (Lipinski definition) is 2. The number of anilines is 1. The van der Waals surface area contributed by atoms with Crippen molar-refractivity contribution in [3.63, 3.8) is 0 Å². The number of benzene rings is 1. The Morgan fingerprint density at radius 2 is 2.28 bits per heavy atom. The first kappa shape index (κ1) is 14.2. The van der Waals surface area contributed by atoms with Crippen molar-refractivity contribution in [2.24, 2.45) is 0 Å². The van der Waals surface area contributed by atoms with Gasteiger partial charge in [0.05, 0.1) is 24.2 Å². The summed E-state index contributed by atoms with van der Waals surface area (Å²) < 4.78 is 4.95. The van der Waals surface area contributed by atoms with Crippen LogP contribution in [0.15, 0.2) is 18.2 Å². The quantitative estimate of drug-likeness (QED) is 0.442. The first-order chi connectivity index (χ1) is 8.54. The highest BCUT2D eigenvalue weighted by atomic mass is 16.6. The van der Waals surface area contributed by atoms with Gasteiger partial charge in [0.1, 0.15) is 11.4 Å². The second kappa shape index (κ2) is 6.80. The number of nitrogens with one attached hydrogen (secondary N) is 1. The second-order valence-electron chi connectivity index (χ2n) is 4.06. The molecule has 6 nitrogen and oxygen atoms in total. The third-order valence-corrected chi connectivity index (χ3v) is 2.52. The molecule has 0 aliphatic rings. The minimum Gasteiger partial charge on any atom is -0.496 e. The van der Waals surface area contributed by atoms with E-state index in [-0.39, 0.29) is 11.8 Å². The van der Waals surface area contributed by atoms with Gasteiger partial charge in [0.2, 0.25) is 0 Å². The molecule has 1 atom stereocenters. The fourth-order valence-corrected chi connectivity index (χ4v) is 1.56. The number of aliphatic hydroxyl groups excluding tert-OH is 1. The molecule has 0 aliphatic heterocycles. The highest BCUT2D eigenvalue weighted by Crippen LogP contribution is 2.28. The summed E-state index contributed by atoms with van der Waals surface area (Å²) in [7, 11) is 1.47. The minimum atomic E-state index is -0.445. The lowest BCUT2D eigenvalue weighted by atomic mass is 10.2. The molecule has 0 saturated carbocycles. The Labute approximate surface area is 106 Å². The Balaban J connectivity index is 2.67. The third-order valence-electron chi connectivity index (χ3n) is 2.52. The van der Waals surface area contributed by atoms with Crippen molar-refractivity contribution in [2.75, 3.05) is 19.0 Å². The Morgan fingerprint density at radius 3 is 2.83 bits per heavy atom. The molecule has 2 N–H and O–H groups in total. The molecule has 1 aromatic carbocycles. The summed E-state index contributed by atoms with van der Waals surface area (Å²) in [6.07, 6.45) is 1.07. The number of nitro groups is 1. The monoisotopic (exact) mass is 254 g/mol. The summed E-state index contributed by atoms with van der Waals surface area (Å²) in [4.78, 5) is 10.5. The van der Waals surface area contributed by atoms with E-state index in [0.717, 1.165) is 6.42 Å². The summed E-state index contributed by atoms with van der Waals surface area (Å²) >= 11 is 0. The topological polar surface area (TPSA) is 84.6 Å². The predicted octanol–water partition coefficient (Wildman–Crippen LogP) is 2.18. The van der Waals surface area contributed by atoms with E-state index < -0.39 is 4.92 Å². The Bertz CT molecular complexity index is 407. The summed E-state index contributed by atoms with van der Waals surface area (Å²) in [6, 6.07) is 4.68. The number of nitro benzene ring substituents is 1. The van der Waals surface area contributed by atoms with Crippen LogP contribution in [0.2, 0.25) is 0 Å². The van der Waals surface area contributed by atoms with E-state index in [4.69, 9.17) is 9.84 Å². The molecule has 0 bridgehead atoms. The van der Waals surface area contributed by atoms with Crippen LogP contribution >= 0.6 is 0 Å². The lowest BCUT2D eigenvalue weighted by molar-refractivity contribution is -0.384. The number of ether oxygens (including phenoxy) is 1. The lowest BCUT2D eigenvalue weighted by Gasteiger charge is -2.09. The maximum Gasteiger partial charge on any atom is 0.296 e. The normalized spacial score (nSPS) is 11.9. The fourth-order valence-electron chi connectivity index (χ4n) is 1.56. The molecule has 6 heteroatoms. The van der Waals surface area contributed by atoms with Crippen LogP contribution in [0.3, 0.4) is 0 Å². The SMILES string of the molecule is COc1ccc(NCCCC(C)O)c([N+](=O)[O-])c1. The van der Waals surface area contributed by atoms with Crippen molar-refractivity contribution < 1.29 is 14.8 Å². The zero-order valence-electron chi connectivity index (χ0n) is 10.5. The molecular formula is C12H18N2O4. The summed E-state index contributed by atoms with van der Waals surface area (Å²) in [5.41, 5.74) is 0.456. The molecule has 1 aromatic rings. The van der Waals surface area contributed by atoms with E-state index in [2.05, 4.69) is 5.32 Å². The minimum absolute atomic E-state index is 0.00797. The zero-order valence-corrected chi connectivity index (χ0v) is 10.5. The van der Waals surface area contributed by atoms with Crippen molar-refractivity contribution >= 4 is 11.4 Å². The number of rotatable bonds is 7. The van der Waals surface area contributed by atoms with E-state index in [1.165, 1.54) is 13.2 Å². The molecule has 0 saturated heterocycles.